The third-order valence-corrected chi connectivity index (χ3v) is 5.49. The first-order valence-electron chi connectivity index (χ1n) is 10.8. The van der Waals surface area contributed by atoms with Gasteiger partial charge in [0.1, 0.15) is 12.4 Å². The van der Waals surface area contributed by atoms with E-state index in [1.165, 1.54) is 0 Å². The summed E-state index contributed by atoms with van der Waals surface area (Å²) in [5, 5.41) is 12.6. The molecule has 0 fully saturated rings. The van der Waals surface area contributed by atoms with Crippen LogP contribution in [-0.4, -0.2) is 28.6 Å². The van der Waals surface area contributed by atoms with Gasteiger partial charge in [-0.3, -0.25) is 15.2 Å². The topological polar surface area (TPSA) is 114 Å². The molecule has 0 bridgehead atoms. The van der Waals surface area contributed by atoms with Crippen molar-refractivity contribution in [3.8, 4) is 5.75 Å². The molecular formula is C27H25N5O2. The lowest BCUT2D eigenvalue weighted by atomic mass is 9.97. The van der Waals surface area contributed by atoms with Gasteiger partial charge in [0, 0.05) is 42.2 Å². The Morgan fingerprint density at radius 1 is 1.09 bits per heavy atom. The van der Waals surface area contributed by atoms with Crippen molar-refractivity contribution in [2.24, 2.45) is 5.73 Å². The van der Waals surface area contributed by atoms with Crippen LogP contribution >= 0.6 is 0 Å². The molecule has 0 aliphatic rings. The summed E-state index contributed by atoms with van der Waals surface area (Å²) >= 11 is 0. The number of carbonyl (C=O) groups is 1. The van der Waals surface area contributed by atoms with Gasteiger partial charge in [0.05, 0.1) is 22.5 Å². The van der Waals surface area contributed by atoms with Crippen molar-refractivity contribution in [3.05, 3.63) is 107 Å². The van der Waals surface area contributed by atoms with E-state index in [1.807, 2.05) is 49.4 Å². The minimum Gasteiger partial charge on any atom is -0.487 e. The normalized spacial score (nSPS) is 11.3. The highest BCUT2D eigenvalue weighted by atomic mass is 16.5. The van der Waals surface area contributed by atoms with Gasteiger partial charge in [-0.15, -0.1) is 0 Å². The molecule has 4 N–H and O–H groups in total. The molecular weight excluding hydrogens is 426 g/mol. The second-order valence-corrected chi connectivity index (χ2v) is 7.76. The van der Waals surface area contributed by atoms with E-state index in [0.29, 0.717) is 22.7 Å². The highest BCUT2D eigenvalue weighted by molar-refractivity contribution is 6.30. The van der Waals surface area contributed by atoms with E-state index in [1.54, 1.807) is 43.8 Å². The molecule has 0 unspecified atom stereocenters. The van der Waals surface area contributed by atoms with E-state index in [9.17, 15) is 4.79 Å². The fraction of sp³-hybridized carbons (Fsp3) is 0.111. The molecule has 1 amide bonds. The SMILES string of the molecule is CN/C=C(\C(=N)c1ccc(OCc2nc3cccc(C)c3cc2C(N)=O)cc1)c1ccncc1. The van der Waals surface area contributed by atoms with Crippen molar-refractivity contribution >= 4 is 28.1 Å². The van der Waals surface area contributed by atoms with E-state index in [-0.39, 0.29) is 6.61 Å². The smallest absolute Gasteiger partial charge is 0.250 e. The molecule has 170 valence electrons. The first-order chi connectivity index (χ1) is 16.5. The molecule has 2 aromatic heterocycles. The summed E-state index contributed by atoms with van der Waals surface area (Å²) < 4.78 is 5.91. The van der Waals surface area contributed by atoms with Gasteiger partial charge < -0.3 is 15.8 Å². The van der Waals surface area contributed by atoms with Crippen LogP contribution in [0.2, 0.25) is 0 Å². The predicted octanol–water partition coefficient (Wildman–Crippen LogP) is 4.24. The zero-order valence-corrected chi connectivity index (χ0v) is 19.0. The van der Waals surface area contributed by atoms with Crippen LogP contribution in [0.1, 0.15) is 32.7 Å². The molecule has 2 heterocycles. The zero-order valence-electron chi connectivity index (χ0n) is 19.0. The van der Waals surface area contributed by atoms with Crippen LogP contribution in [0.5, 0.6) is 5.75 Å². The molecule has 0 spiro atoms. The van der Waals surface area contributed by atoms with E-state index in [2.05, 4.69) is 15.3 Å². The summed E-state index contributed by atoms with van der Waals surface area (Å²) in [6.45, 7) is 2.07. The molecule has 4 rings (SSSR count). The number of benzene rings is 2. The Kier molecular flexibility index (Phi) is 6.64. The number of allylic oxidation sites excluding steroid dienone is 1. The van der Waals surface area contributed by atoms with Crippen molar-refractivity contribution < 1.29 is 9.53 Å². The summed E-state index contributed by atoms with van der Waals surface area (Å²) in [5.74, 6) is 0.0566. The summed E-state index contributed by atoms with van der Waals surface area (Å²) in [4.78, 5) is 20.7. The fourth-order valence-electron chi connectivity index (χ4n) is 3.71. The molecule has 0 atom stereocenters. The molecule has 0 aliphatic carbocycles. The number of nitrogens with zero attached hydrogens (tertiary/aromatic N) is 2. The van der Waals surface area contributed by atoms with Crippen LogP contribution in [0.4, 0.5) is 0 Å². The highest BCUT2D eigenvalue weighted by Crippen LogP contribution is 2.23. The van der Waals surface area contributed by atoms with Crippen molar-refractivity contribution in [2.45, 2.75) is 13.5 Å². The summed E-state index contributed by atoms with van der Waals surface area (Å²) in [6.07, 6.45) is 5.19. The third-order valence-electron chi connectivity index (χ3n) is 5.49. The number of rotatable bonds is 8. The number of nitrogens with two attached hydrogens (primary N) is 1. The standard InChI is InChI=1S/C27H25N5O2/c1-17-4-3-5-24-21(17)14-22(27(29)33)25(32-24)16-34-20-8-6-19(7-9-20)26(28)23(15-30-2)18-10-12-31-13-11-18/h3-15,28,30H,16H2,1-2H3,(H2,29,33)/b23-15-,28-26?. The lowest BCUT2D eigenvalue weighted by molar-refractivity contribution is 0.0997. The van der Waals surface area contributed by atoms with Gasteiger partial charge in [0.15, 0.2) is 0 Å². The minimum absolute atomic E-state index is 0.0981. The van der Waals surface area contributed by atoms with Gasteiger partial charge in [0.25, 0.3) is 5.91 Å². The van der Waals surface area contributed by atoms with Crippen LogP contribution in [0.25, 0.3) is 16.5 Å². The summed E-state index contributed by atoms with van der Waals surface area (Å²) in [5.41, 5.74) is 11.0. The Morgan fingerprint density at radius 2 is 1.82 bits per heavy atom. The fourth-order valence-corrected chi connectivity index (χ4v) is 3.71. The number of amides is 1. The average Bonchev–Trinajstić information content (AvgIpc) is 2.86. The second-order valence-electron chi connectivity index (χ2n) is 7.76. The molecule has 0 saturated heterocycles. The first-order valence-corrected chi connectivity index (χ1v) is 10.8. The Morgan fingerprint density at radius 3 is 2.50 bits per heavy atom. The number of aryl methyl sites for hydroxylation is 1. The molecule has 7 heteroatoms. The molecule has 4 aromatic rings. The Bertz CT molecular complexity index is 1380. The number of hydrogen-bond donors (Lipinski definition) is 3. The van der Waals surface area contributed by atoms with Crippen LogP contribution in [0, 0.1) is 12.3 Å². The van der Waals surface area contributed by atoms with Crippen molar-refractivity contribution in [1.29, 1.82) is 5.41 Å². The number of aromatic nitrogens is 2. The molecule has 7 nitrogen and oxygen atoms in total. The van der Waals surface area contributed by atoms with Crippen LogP contribution in [0.15, 0.2) is 79.3 Å². The van der Waals surface area contributed by atoms with E-state index in [4.69, 9.17) is 15.9 Å². The number of hydrogen-bond acceptors (Lipinski definition) is 6. The summed E-state index contributed by atoms with van der Waals surface area (Å²) in [6, 6.07) is 18.5. The Labute approximate surface area is 197 Å². The maximum atomic E-state index is 12.0. The van der Waals surface area contributed by atoms with Crippen molar-refractivity contribution in [1.82, 2.24) is 15.3 Å². The maximum Gasteiger partial charge on any atom is 0.250 e. The van der Waals surface area contributed by atoms with E-state index < -0.39 is 5.91 Å². The largest absolute Gasteiger partial charge is 0.487 e. The lowest BCUT2D eigenvalue weighted by Crippen LogP contribution is -2.16. The third kappa shape index (κ3) is 4.78. The van der Waals surface area contributed by atoms with Gasteiger partial charge in [-0.25, -0.2) is 4.98 Å². The van der Waals surface area contributed by atoms with Gasteiger partial charge in [-0.1, -0.05) is 12.1 Å². The van der Waals surface area contributed by atoms with Crippen LogP contribution in [-0.2, 0) is 6.61 Å². The predicted molar refractivity (Wildman–Crippen MR) is 134 cm³/mol. The molecule has 34 heavy (non-hydrogen) atoms. The van der Waals surface area contributed by atoms with Crippen molar-refractivity contribution in [2.75, 3.05) is 7.05 Å². The molecule has 0 radical (unpaired) electrons. The van der Waals surface area contributed by atoms with Crippen molar-refractivity contribution in [3.63, 3.8) is 0 Å². The monoisotopic (exact) mass is 451 g/mol. The van der Waals surface area contributed by atoms with E-state index >= 15 is 0 Å². The van der Waals surface area contributed by atoms with Gasteiger partial charge >= 0.3 is 0 Å². The van der Waals surface area contributed by atoms with Gasteiger partial charge in [0.2, 0.25) is 0 Å². The number of nitrogens with one attached hydrogen (secondary N) is 2. The lowest BCUT2D eigenvalue weighted by Gasteiger charge is -2.13. The van der Waals surface area contributed by atoms with Gasteiger partial charge in [-0.05, 0) is 66.6 Å². The molecule has 2 aromatic carbocycles. The number of carbonyl (C=O) groups excluding carboxylic acids is 1. The zero-order chi connectivity index (χ0) is 24.1. The number of ether oxygens (including phenoxy) is 1. The Balaban J connectivity index is 1.54. The Hall–Kier alpha value is -4.52. The average molecular weight is 452 g/mol. The highest BCUT2D eigenvalue weighted by Gasteiger charge is 2.14. The van der Waals surface area contributed by atoms with Crippen LogP contribution in [0.3, 0.4) is 0 Å². The second kappa shape index (κ2) is 9.95. The minimum atomic E-state index is -0.542. The van der Waals surface area contributed by atoms with E-state index in [0.717, 1.165) is 33.2 Å². The van der Waals surface area contributed by atoms with Crippen LogP contribution < -0.4 is 15.8 Å². The molecule has 0 saturated carbocycles. The first kappa shape index (κ1) is 22.7. The quantitative estimate of drug-likeness (QED) is 0.347. The number of primary amides is 1. The number of fused-ring (bicyclic) bond motifs is 1. The molecule has 0 aliphatic heterocycles. The maximum absolute atomic E-state index is 12.0. The number of pyridine rings is 2. The van der Waals surface area contributed by atoms with Gasteiger partial charge in [-0.2, -0.15) is 0 Å². The summed E-state index contributed by atoms with van der Waals surface area (Å²) in [7, 11) is 1.80.